The fraction of sp³-hybridized carbons (Fsp3) is 0.273. The number of thiocarbonyl (C=S) groups is 1. The fourth-order valence-electron chi connectivity index (χ4n) is 1.20. The van der Waals surface area contributed by atoms with Gasteiger partial charge in [-0.1, -0.05) is 42.5 Å². The van der Waals surface area contributed by atoms with Crippen LogP contribution in [0.5, 0.6) is 0 Å². The number of carbonyl (C=O) groups is 1. The summed E-state index contributed by atoms with van der Waals surface area (Å²) < 4.78 is 0. The summed E-state index contributed by atoms with van der Waals surface area (Å²) in [5.74, 6) is -0.965. The summed E-state index contributed by atoms with van der Waals surface area (Å²) in [6, 6.07) is 9.98. The molecule has 0 saturated heterocycles. The van der Waals surface area contributed by atoms with Crippen molar-refractivity contribution in [2.24, 2.45) is 0 Å². The van der Waals surface area contributed by atoms with Crippen LogP contribution in [0.4, 0.5) is 0 Å². The number of aliphatic carboxylic acids is 1. The number of hydrogen-bond donors (Lipinski definition) is 1. The largest absolute Gasteiger partial charge is 0.477 e. The van der Waals surface area contributed by atoms with Crippen LogP contribution in [0.3, 0.4) is 0 Å². The molecule has 2 nitrogen and oxygen atoms in total. The minimum absolute atomic E-state index is 0.126. The molecule has 1 rings (SSSR count). The average molecular weight is 208 g/mol. The zero-order chi connectivity index (χ0) is 10.4. The summed E-state index contributed by atoms with van der Waals surface area (Å²) in [6.45, 7) is 0. The van der Waals surface area contributed by atoms with Crippen molar-refractivity contribution >= 4 is 23.1 Å². The average Bonchev–Trinajstić information content (AvgIpc) is 2.19. The second-order valence-corrected chi connectivity index (χ2v) is 3.56. The van der Waals surface area contributed by atoms with Gasteiger partial charge >= 0.3 is 5.97 Å². The van der Waals surface area contributed by atoms with E-state index >= 15 is 0 Å². The van der Waals surface area contributed by atoms with Crippen molar-refractivity contribution in [3.05, 3.63) is 35.9 Å². The molecule has 74 valence electrons. The molecule has 0 radical (unpaired) electrons. The molecule has 0 amide bonds. The van der Waals surface area contributed by atoms with Gasteiger partial charge in [0, 0.05) is 0 Å². The Balaban J connectivity index is 2.29. The first-order chi connectivity index (χ1) is 6.70. The Kier molecular flexibility index (Phi) is 4.26. The second kappa shape index (κ2) is 5.50. The zero-order valence-electron chi connectivity index (χ0n) is 7.77. The van der Waals surface area contributed by atoms with E-state index in [1.165, 1.54) is 5.56 Å². The number of benzene rings is 1. The van der Waals surface area contributed by atoms with Crippen molar-refractivity contribution in [1.29, 1.82) is 0 Å². The molecule has 1 N–H and O–H groups in total. The molecule has 0 fully saturated rings. The van der Waals surface area contributed by atoms with Gasteiger partial charge in [-0.3, -0.25) is 0 Å². The lowest BCUT2D eigenvalue weighted by Crippen LogP contribution is -2.09. The monoisotopic (exact) mass is 208 g/mol. The van der Waals surface area contributed by atoms with Crippen LogP contribution in [0.15, 0.2) is 30.3 Å². The van der Waals surface area contributed by atoms with Gasteiger partial charge in [0.05, 0.1) is 4.86 Å². The molecule has 0 bridgehead atoms. The highest BCUT2D eigenvalue weighted by atomic mass is 32.1. The van der Waals surface area contributed by atoms with Gasteiger partial charge in [-0.15, -0.1) is 0 Å². The smallest absolute Gasteiger partial charge is 0.342 e. The Morgan fingerprint density at radius 2 is 1.93 bits per heavy atom. The highest BCUT2D eigenvalue weighted by molar-refractivity contribution is 7.82. The number of hydrogen-bond acceptors (Lipinski definition) is 2. The van der Waals surface area contributed by atoms with Gasteiger partial charge in [0.15, 0.2) is 0 Å². The molecule has 1 aromatic carbocycles. The van der Waals surface area contributed by atoms with E-state index < -0.39 is 5.97 Å². The van der Waals surface area contributed by atoms with Crippen LogP contribution in [0.1, 0.15) is 18.4 Å². The molecule has 0 spiro atoms. The normalized spacial score (nSPS) is 9.71. The Hall–Kier alpha value is -1.22. The van der Waals surface area contributed by atoms with E-state index in [1.54, 1.807) is 0 Å². The first-order valence-electron chi connectivity index (χ1n) is 4.50. The first kappa shape index (κ1) is 10.9. The van der Waals surface area contributed by atoms with Crippen molar-refractivity contribution in [2.75, 3.05) is 0 Å². The third-order valence-corrected chi connectivity index (χ3v) is 2.33. The summed E-state index contributed by atoms with van der Waals surface area (Å²) in [6.07, 6.45) is 2.17. The Morgan fingerprint density at radius 3 is 2.50 bits per heavy atom. The van der Waals surface area contributed by atoms with Gasteiger partial charge in [-0.05, 0) is 24.8 Å². The molecule has 0 unspecified atom stereocenters. The van der Waals surface area contributed by atoms with Crippen molar-refractivity contribution in [1.82, 2.24) is 0 Å². The predicted molar refractivity (Wildman–Crippen MR) is 59.6 cm³/mol. The molecule has 0 aliphatic carbocycles. The standard InChI is InChI=1S/C11H12O2S/c12-11(13)10(14)8-4-7-9-5-2-1-3-6-9/h1-3,5-6H,4,7-8H2,(H,12,13). The van der Waals surface area contributed by atoms with Gasteiger partial charge in [0.1, 0.15) is 0 Å². The number of aryl methyl sites for hydroxylation is 1. The molecular formula is C11H12O2S. The van der Waals surface area contributed by atoms with Crippen LogP contribution >= 0.6 is 12.2 Å². The minimum Gasteiger partial charge on any atom is -0.477 e. The lowest BCUT2D eigenvalue weighted by Gasteiger charge is -1.99. The summed E-state index contributed by atoms with van der Waals surface area (Å²) >= 11 is 4.69. The first-order valence-corrected chi connectivity index (χ1v) is 4.91. The van der Waals surface area contributed by atoms with Gasteiger partial charge in [-0.25, -0.2) is 4.79 Å². The van der Waals surface area contributed by atoms with E-state index in [0.717, 1.165) is 12.8 Å². The molecule has 1 aromatic rings. The summed E-state index contributed by atoms with van der Waals surface area (Å²) in [7, 11) is 0. The molecular weight excluding hydrogens is 196 g/mol. The van der Waals surface area contributed by atoms with Crippen LogP contribution in [-0.4, -0.2) is 15.9 Å². The van der Waals surface area contributed by atoms with Gasteiger partial charge in [-0.2, -0.15) is 0 Å². The highest BCUT2D eigenvalue weighted by Crippen LogP contribution is 2.05. The molecule has 0 aromatic heterocycles. The quantitative estimate of drug-likeness (QED) is 0.755. The van der Waals surface area contributed by atoms with E-state index in [1.807, 2.05) is 30.3 Å². The van der Waals surface area contributed by atoms with Crippen LogP contribution in [0.2, 0.25) is 0 Å². The van der Waals surface area contributed by atoms with E-state index in [4.69, 9.17) is 17.3 Å². The van der Waals surface area contributed by atoms with Crippen molar-refractivity contribution in [2.45, 2.75) is 19.3 Å². The summed E-state index contributed by atoms with van der Waals surface area (Å²) in [4.78, 5) is 10.5. The lowest BCUT2D eigenvalue weighted by molar-refractivity contribution is -0.129. The molecule has 0 atom stereocenters. The molecule has 0 aliphatic rings. The highest BCUT2D eigenvalue weighted by Gasteiger charge is 2.05. The molecule has 14 heavy (non-hydrogen) atoms. The lowest BCUT2D eigenvalue weighted by atomic mass is 10.1. The second-order valence-electron chi connectivity index (χ2n) is 3.07. The van der Waals surface area contributed by atoms with Gasteiger partial charge in [0.25, 0.3) is 0 Å². The zero-order valence-corrected chi connectivity index (χ0v) is 8.59. The SMILES string of the molecule is O=C(O)C(=S)CCCc1ccccc1. The maximum Gasteiger partial charge on any atom is 0.342 e. The number of carboxylic acid groups (broad SMARTS) is 1. The van der Waals surface area contributed by atoms with Gasteiger partial charge < -0.3 is 5.11 Å². The van der Waals surface area contributed by atoms with E-state index in [0.29, 0.717) is 6.42 Å². The van der Waals surface area contributed by atoms with Crippen molar-refractivity contribution in [3.8, 4) is 0 Å². The van der Waals surface area contributed by atoms with Crippen LogP contribution in [0.25, 0.3) is 0 Å². The molecule has 3 heteroatoms. The van der Waals surface area contributed by atoms with Gasteiger partial charge in [0.2, 0.25) is 0 Å². The van der Waals surface area contributed by atoms with Crippen molar-refractivity contribution in [3.63, 3.8) is 0 Å². The van der Waals surface area contributed by atoms with E-state index in [9.17, 15) is 4.79 Å². The topological polar surface area (TPSA) is 37.3 Å². The maximum absolute atomic E-state index is 10.4. The third kappa shape index (κ3) is 3.66. The predicted octanol–water partition coefficient (Wildman–Crippen LogP) is 2.46. The Labute approximate surface area is 88.6 Å². The van der Waals surface area contributed by atoms with Crippen LogP contribution in [-0.2, 0) is 11.2 Å². The maximum atomic E-state index is 10.4. The Bertz CT molecular complexity index is 319. The minimum atomic E-state index is -0.965. The summed E-state index contributed by atoms with van der Waals surface area (Å²) in [5.41, 5.74) is 1.22. The summed E-state index contributed by atoms with van der Waals surface area (Å²) in [5, 5.41) is 8.54. The van der Waals surface area contributed by atoms with E-state index in [-0.39, 0.29) is 4.86 Å². The molecule has 0 heterocycles. The van der Waals surface area contributed by atoms with Crippen LogP contribution in [0, 0.1) is 0 Å². The number of carboxylic acids is 1. The van der Waals surface area contributed by atoms with E-state index in [2.05, 4.69) is 0 Å². The number of rotatable bonds is 5. The van der Waals surface area contributed by atoms with Crippen molar-refractivity contribution < 1.29 is 9.90 Å². The molecule has 0 aliphatic heterocycles. The molecule has 0 saturated carbocycles. The fourth-order valence-corrected chi connectivity index (χ4v) is 1.35. The van der Waals surface area contributed by atoms with Crippen LogP contribution < -0.4 is 0 Å². The Morgan fingerprint density at radius 1 is 1.29 bits per heavy atom. The third-order valence-electron chi connectivity index (χ3n) is 1.95.